The Morgan fingerprint density at radius 2 is 2.15 bits per heavy atom. The molecule has 1 aromatic carbocycles. The van der Waals surface area contributed by atoms with Crippen LogP contribution in [0.2, 0.25) is 0 Å². The molecule has 72 valence electrons. The third kappa shape index (κ3) is 2.91. The summed E-state index contributed by atoms with van der Waals surface area (Å²) < 4.78 is 17.9. The fraction of sp³-hybridized carbons (Fsp3) is 0.333. The number of anilines is 1. The highest BCUT2D eigenvalue weighted by Gasteiger charge is 2.01. The Kier molecular flexibility index (Phi) is 3.52. The van der Waals surface area contributed by atoms with Gasteiger partial charge < -0.3 is 16.2 Å². The van der Waals surface area contributed by atoms with E-state index >= 15 is 0 Å². The van der Waals surface area contributed by atoms with E-state index in [9.17, 15) is 4.39 Å². The molecule has 0 atom stereocenters. The summed E-state index contributed by atoms with van der Waals surface area (Å²) in [5.41, 5.74) is 11.3. The Hall–Kier alpha value is -1.29. The van der Waals surface area contributed by atoms with Gasteiger partial charge in [0.15, 0.2) is 0 Å². The summed E-state index contributed by atoms with van der Waals surface area (Å²) in [4.78, 5) is 0. The number of rotatable bonds is 4. The van der Waals surface area contributed by atoms with Gasteiger partial charge in [-0.2, -0.15) is 0 Å². The van der Waals surface area contributed by atoms with Gasteiger partial charge in [0, 0.05) is 6.07 Å². The van der Waals surface area contributed by atoms with Crippen molar-refractivity contribution in [2.45, 2.75) is 6.42 Å². The first-order chi connectivity index (χ1) is 6.24. The van der Waals surface area contributed by atoms with Crippen molar-refractivity contribution in [1.29, 1.82) is 0 Å². The van der Waals surface area contributed by atoms with E-state index in [-0.39, 0.29) is 5.82 Å². The van der Waals surface area contributed by atoms with Crippen LogP contribution < -0.4 is 16.2 Å². The van der Waals surface area contributed by atoms with Gasteiger partial charge in [-0.15, -0.1) is 0 Å². The van der Waals surface area contributed by atoms with Crippen LogP contribution in [-0.2, 0) is 0 Å². The standard InChI is InChI=1S/C9H13FN2O/c10-7-2-3-8(12)9(6-7)13-5-1-4-11/h2-3,6H,1,4-5,11-12H2. The molecule has 4 N–H and O–H groups in total. The van der Waals surface area contributed by atoms with Crippen LogP contribution in [0.4, 0.5) is 10.1 Å². The maximum absolute atomic E-state index is 12.7. The van der Waals surface area contributed by atoms with Crippen LogP contribution >= 0.6 is 0 Å². The lowest BCUT2D eigenvalue weighted by Gasteiger charge is -2.07. The molecule has 0 saturated heterocycles. The number of benzene rings is 1. The van der Waals surface area contributed by atoms with Gasteiger partial charge in [0.2, 0.25) is 0 Å². The van der Waals surface area contributed by atoms with Gasteiger partial charge in [0.1, 0.15) is 11.6 Å². The molecule has 4 heteroatoms. The molecule has 0 aliphatic rings. The lowest BCUT2D eigenvalue weighted by molar-refractivity contribution is 0.313. The van der Waals surface area contributed by atoms with E-state index in [2.05, 4.69) is 0 Å². The average Bonchev–Trinajstić information content (AvgIpc) is 2.11. The molecule has 3 nitrogen and oxygen atoms in total. The van der Waals surface area contributed by atoms with Gasteiger partial charge in [0.25, 0.3) is 0 Å². The fourth-order valence-corrected chi connectivity index (χ4v) is 0.899. The van der Waals surface area contributed by atoms with Crippen molar-refractivity contribution in [2.75, 3.05) is 18.9 Å². The van der Waals surface area contributed by atoms with Crippen molar-refractivity contribution < 1.29 is 9.13 Å². The van der Waals surface area contributed by atoms with E-state index in [0.717, 1.165) is 6.42 Å². The first kappa shape index (κ1) is 9.80. The minimum Gasteiger partial charge on any atom is -0.491 e. The van der Waals surface area contributed by atoms with Gasteiger partial charge in [-0.1, -0.05) is 0 Å². The zero-order chi connectivity index (χ0) is 9.68. The number of nitrogen functional groups attached to an aromatic ring is 1. The normalized spacial score (nSPS) is 10.0. The van der Waals surface area contributed by atoms with E-state index in [1.165, 1.54) is 18.2 Å². The van der Waals surface area contributed by atoms with Crippen molar-refractivity contribution in [3.8, 4) is 5.75 Å². The molecule has 0 bridgehead atoms. The topological polar surface area (TPSA) is 61.3 Å². The number of hydrogen-bond acceptors (Lipinski definition) is 3. The molecule has 0 spiro atoms. The largest absolute Gasteiger partial charge is 0.491 e. The van der Waals surface area contributed by atoms with Gasteiger partial charge >= 0.3 is 0 Å². The van der Waals surface area contributed by atoms with Gasteiger partial charge in [-0.05, 0) is 25.1 Å². The molecule has 0 amide bonds. The Morgan fingerprint density at radius 1 is 1.38 bits per heavy atom. The molecule has 1 aromatic rings. The van der Waals surface area contributed by atoms with Gasteiger partial charge in [-0.3, -0.25) is 0 Å². The smallest absolute Gasteiger partial charge is 0.145 e. The molecule has 0 aliphatic heterocycles. The molecular formula is C9H13FN2O. The van der Waals surface area contributed by atoms with Crippen molar-refractivity contribution in [1.82, 2.24) is 0 Å². The zero-order valence-electron chi connectivity index (χ0n) is 7.29. The van der Waals surface area contributed by atoms with Crippen LogP contribution in [0.25, 0.3) is 0 Å². The summed E-state index contributed by atoms with van der Waals surface area (Å²) in [5, 5.41) is 0. The summed E-state index contributed by atoms with van der Waals surface area (Å²) in [5.74, 6) is 0.0328. The minimum absolute atomic E-state index is 0.350. The highest BCUT2D eigenvalue weighted by molar-refractivity contribution is 5.52. The Labute approximate surface area is 76.5 Å². The summed E-state index contributed by atoms with van der Waals surface area (Å²) in [6.45, 7) is 1.01. The van der Waals surface area contributed by atoms with Crippen molar-refractivity contribution in [3.05, 3.63) is 24.0 Å². The fourth-order valence-electron chi connectivity index (χ4n) is 0.899. The summed E-state index contributed by atoms with van der Waals surface area (Å²) in [6, 6.07) is 4.05. The van der Waals surface area contributed by atoms with Crippen molar-refractivity contribution in [2.24, 2.45) is 5.73 Å². The molecule has 0 aromatic heterocycles. The third-order valence-electron chi connectivity index (χ3n) is 1.58. The van der Waals surface area contributed by atoms with Crippen molar-refractivity contribution >= 4 is 5.69 Å². The zero-order valence-corrected chi connectivity index (χ0v) is 7.29. The summed E-state index contributed by atoms with van der Waals surface area (Å²) in [6.07, 6.45) is 0.732. The number of ether oxygens (including phenoxy) is 1. The van der Waals surface area contributed by atoms with Crippen LogP contribution in [-0.4, -0.2) is 13.2 Å². The van der Waals surface area contributed by atoms with Crippen molar-refractivity contribution in [3.63, 3.8) is 0 Å². The highest BCUT2D eigenvalue weighted by atomic mass is 19.1. The third-order valence-corrected chi connectivity index (χ3v) is 1.58. The first-order valence-electron chi connectivity index (χ1n) is 4.12. The van der Waals surface area contributed by atoms with Gasteiger partial charge in [-0.25, -0.2) is 4.39 Å². The Balaban J connectivity index is 2.59. The lowest BCUT2D eigenvalue weighted by atomic mass is 10.3. The highest BCUT2D eigenvalue weighted by Crippen LogP contribution is 2.21. The van der Waals surface area contributed by atoms with E-state index in [4.69, 9.17) is 16.2 Å². The molecule has 0 fully saturated rings. The SMILES string of the molecule is NCCCOc1cc(F)ccc1N. The van der Waals surface area contributed by atoms with Gasteiger partial charge in [0.05, 0.1) is 12.3 Å². The van der Waals surface area contributed by atoms with Crippen LogP contribution in [0, 0.1) is 5.82 Å². The van der Waals surface area contributed by atoms with E-state index in [0.29, 0.717) is 24.6 Å². The van der Waals surface area contributed by atoms with E-state index in [1.54, 1.807) is 0 Å². The molecular weight excluding hydrogens is 171 g/mol. The molecule has 0 heterocycles. The second kappa shape index (κ2) is 4.67. The second-order valence-corrected chi connectivity index (χ2v) is 2.67. The van der Waals surface area contributed by atoms with Crippen LogP contribution in [0.1, 0.15) is 6.42 Å². The number of hydrogen-bond donors (Lipinski definition) is 2. The molecule has 0 unspecified atom stereocenters. The lowest BCUT2D eigenvalue weighted by Crippen LogP contribution is -2.07. The molecule has 0 saturated carbocycles. The quantitative estimate of drug-likeness (QED) is 0.544. The molecule has 1 rings (SSSR count). The molecule has 13 heavy (non-hydrogen) atoms. The molecule has 0 aliphatic carbocycles. The molecule has 0 radical (unpaired) electrons. The minimum atomic E-state index is -0.350. The summed E-state index contributed by atoms with van der Waals surface area (Å²) >= 11 is 0. The average molecular weight is 184 g/mol. The van der Waals surface area contributed by atoms with Crippen LogP contribution in [0.5, 0.6) is 5.75 Å². The summed E-state index contributed by atoms with van der Waals surface area (Å²) in [7, 11) is 0. The first-order valence-corrected chi connectivity index (χ1v) is 4.12. The van der Waals surface area contributed by atoms with Crippen LogP contribution in [0.3, 0.4) is 0 Å². The predicted molar refractivity (Wildman–Crippen MR) is 50.0 cm³/mol. The maximum Gasteiger partial charge on any atom is 0.145 e. The van der Waals surface area contributed by atoms with E-state index in [1.807, 2.05) is 0 Å². The Morgan fingerprint density at radius 3 is 2.85 bits per heavy atom. The Bertz CT molecular complexity index is 278. The monoisotopic (exact) mass is 184 g/mol. The van der Waals surface area contributed by atoms with E-state index < -0.39 is 0 Å². The predicted octanol–water partition coefficient (Wildman–Crippen LogP) is 1.14. The second-order valence-electron chi connectivity index (χ2n) is 2.67. The maximum atomic E-state index is 12.7. The number of halogens is 1. The number of nitrogens with two attached hydrogens (primary N) is 2. The van der Waals surface area contributed by atoms with Crippen LogP contribution in [0.15, 0.2) is 18.2 Å².